The Hall–Kier alpha value is -1.12. The van der Waals surface area contributed by atoms with Crippen LogP contribution in [0.25, 0.3) is 0 Å². The highest BCUT2D eigenvalue weighted by molar-refractivity contribution is 6.01. The average Bonchev–Trinajstić information content (AvgIpc) is 2.20. The number of carbonyl (C=O) groups excluding carboxylic acids is 2. The molecule has 4 atom stereocenters. The van der Waals surface area contributed by atoms with Gasteiger partial charge in [-0.2, -0.15) is 0 Å². The van der Waals surface area contributed by atoms with Crippen molar-refractivity contribution in [1.29, 1.82) is 0 Å². The van der Waals surface area contributed by atoms with Gasteiger partial charge in [0, 0.05) is 5.92 Å². The van der Waals surface area contributed by atoms with Crippen molar-refractivity contribution in [2.45, 2.75) is 33.8 Å². The number of esters is 1. The molecule has 1 fully saturated rings. The van der Waals surface area contributed by atoms with E-state index in [4.69, 9.17) is 4.74 Å². The number of carbonyl (C=O) groups is 2. The summed E-state index contributed by atoms with van der Waals surface area (Å²) in [5.41, 5.74) is 0. The highest BCUT2D eigenvalue weighted by Crippen LogP contribution is 2.27. The van der Waals surface area contributed by atoms with Crippen LogP contribution in [0, 0.1) is 17.8 Å². The van der Waals surface area contributed by atoms with Crippen molar-refractivity contribution < 1.29 is 14.3 Å². The van der Waals surface area contributed by atoms with Gasteiger partial charge >= 0.3 is 5.97 Å². The molecule has 3 nitrogen and oxygen atoms in total. The molecule has 0 aromatic carbocycles. The van der Waals surface area contributed by atoms with Crippen LogP contribution in [0.1, 0.15) is 27.7 Å². The lowest BCUT2D eigenvalue weighted by molar-refractivity contribution is -0.171. The standard InChI is InChI=1S/C12H18O3/c1-5-6-7(2)11-8(3)10(13)9(4)12(14)15-11/h5-9,11H,1-4H3/t7?,8-,9?,11-/m0/s1. The number of rotatable bonds is 2. The monoisotopic (exact) mass is 210 g/mol. The molecule has 1 saturated heterocycles. The summed E-state index contributed by atoms with van der Waals surface area (Å²) in [5.74, 6) is -1.12. The number of Topliss-reactive ketones (excluding diaryl/α,β-unsaturated/α-hetero) is 1. The zero-order valence-electron chi connectivity index (χ0n) is 9.69. The van der Waals surface area contributed by atoms with Crippen LogP contribution in [-0.2, 0) is 14.3 Å². The summed E-state index contributed by atoms with van der Waals surface area (Å²) < 4.78 is 5.28. The van der Waals surface area contributed by atoms with Gasteiger partial charge in [0.05, 0.1) is 5.92 Å². The van der Waals surface area contributed by atoms with Gasteiger partial charge in [-0.1, -0.05) is 26.0 Å². The average molecular weight is 210 g/mol. The minimum absolute atomic E-state index is 0.00685. The Morgan fingerprint density at radius 1 is 1.33 bits per heavy atom. The molecule has 1 rings (SSSR count). The maximum atomic E-state index is 11.7. The maximum absolute atomic E-state index is 11.7. The Morgan fingerprint density at radius 2 is 1.93 bits per heavy atom. The molecule has 0 N–H and O–H groups in total. The lowest BCUT2D eigenvalue weighted by atomic mass is 9.83. The van der Waals surface area contributed by atoms with E-state index < -0.39 is 5.92 Å². The number of ketones is 1. The molecule has 2 unspecified atom stereocenters. The van der Waals surface area contributed by atoms with Gasteiger partial charge in [-0.05, 0) is 13.8 Å². The molecule has 0 aliphatic carbocycles. The van der Waals surface area contributed by atoms with Crippen LogP contribution < -0.4 is 0 Å². The highest BCUT2D eigenvalue weighted by Gasteiger charge is 2.41. The van der Waals surface area contributed by atoms with Crippen molar-refractivity contribution in [3.63, 3.8) is 0 Å². The third kappa shape index (κ3) is 2.28. The molecule has 1 heterocycles. The van der Waals surface area contributed by atoms with Crippen molar-refractivity contribution in [3.8, 4) is 0 Å². The maximum Gasteiger partial charge on any atom is 0.316 e. The SMILES string of the molecule is CC=CC(C)[C@@H]1OC(=O)C(C)C(=O)[C@@H]1C. The molecule has 1 aliphatic heterocycles. The fourth-order valence-electron chi connectivity index (χ4n) is 1.99. The molecule has 84 valence electrons. The van der Waals surface area contributed by atoms with E-state index in [1.165, 1.54) is 0 Å². The van der Waals surface area contributed by atoms with Gasteiger partial charge < -0.3 is 4.74 Å². The van der Waals surface area contributed by atoms with E-state index in [1.807, 2.05) is 32.9 Å². The number of allylic oxidation sites excluding steroid dienone is 1. The summed E-state index contributed by atoms with van der Waals surface area (Å²) in [6.07, 6.45) is 3.56. The molecule has 0 radical (unpaired) electrons. The van der Waals surface area contributed by atoms with E-state index >= 15 is 0 Å². The largest absolute Gasteiger partial charge is 0.460 e. The normalized spacial score (nSPS) is 34.3. The van der Waals surface area contributed by atoms with Crippen LogP contribution in [0.4, 0.5) is 0 Å². The van der Waals surface area contributed by atoms with Crippen LogP contribution in [0.15, 0.2) is 12.2 Å². The Morgan fingerprint density at radius 3 is 2.47 bits per heavy atom. The van der Waals surface area contributed by atoms with E-state index in [2.05, 4.69) is 0 Å². The predicted octanol–water partition coefficient (Wildman–Crippen LogP) is 1.97. The molecule has 0 bridgehead atoms. The molecule has 0 aromatic rings. The third-order valence-electron chi connectivity index (χ3n) is 2.99. The molecule has 0 saturated carbocycles. The van der Waals surface area contributed by atoms with Crippen LogP contribution in [0.5, 0.6) is 0 Å². The van der Waals surface area contributed by atoms with Crippen molar-refractivity contribution in [2.24, 2.45) is 17.8 Å². The van der Waals surface area contributed by atoms with Crippen LogP contribution in [0.3, 0.4) is 0 Å². The van der Waals surface area contributed by atoms with Crippen molar-refractivity contribution in [2.75, 3.05) is 0 Å². The lowest BCUT2D eigenvalue weighted by Gasteiger charge is -2.33. The zero-order valence-corrected chi connectivity index (χ0v) is 9.69. The molecule has 0 aromatic heterocycles. The van der Waals surface area contributed by atoms with Gasteiger partial charge in [-0.25, -0.2) is 0 Å². The minimum atomic E-state index is -0.603. The predicted molar refractivity (Wildman–Crippen MR) is 57.2 cm³/mol. The van der Waals surface area contributed by atoms with Crippen LogP contribution in [-0.4, -0.2) is 17.9 Å². The van der Waals surface area contributed by atoms with Crippen molar-refractivity contribution in [3.05, 3.63) is 12.2 Å². The molecule has 0 amide bonds. The first kappa shape index (κ1) is 12.0. The number of ether oxygens (including phenoxy) is 1. The molecule has 15 heavy (non-hydrogen) atoms. The fourth-order valence-corrected chi connectivity index (χ4v) is 1.99. The topological polar surface area (TPSA) is 43.4 Å². The molecular formula is C12H18O3. The second kappa shape index (κ2) is 4.60. The number of hydrogen-bond donors (Lipinski definition) is 0. The van der Waals surface area contributed by atoms with Crippen LogP contribution in [0.2, 0.25) is 0 Å². The van der Waals surface area contributed by atoms with Gasteiger partial charge in [-0.3, -0.25) is 9.59 Å². The second-order valence-electron chi connectivity index (χ2n) is 4.20. The summed E-state index contributed by atoms with van der Waals surface area (Å²) in [5, 5.41) is 0. The Balaban J connectivity index is 2.83. The van der Waals surface area contributed by atoms with Crippen molar-refractivity contribution >= 4 is 11.8 Å². The van der Waals surface area contributed by atoms with Gasteiger partial charge in [0.15, 0.2) is 5.78 Å². The smallest absolute Gasteiger partial charge is 0.316 e. The fraction of sp³-hybridized carbons (Fsp3) is 0.667. The first-order chi connectivity index (χ1) is 6.99. The van der Waals surface area contributed by atoms with Crippen molar-refractivity contribution in [1.82, 2.24) is 0 Å². The van der Waals surface area contributed by atoms with Crippen LogP contribution >= 0.6 is 0 Å². The summed E-state index contributed by atoms with van der Waals surface area (Å²) >= 11 is 0. The number of hydrogen-bond acceptors (Lipinski definition) is 3. The zero-order chi connectivity index (χ0) is 11.6. The van der Waals surface area contributed by atoms with E-state index in [9.17, 15) is 9.59 Å². The van der Waals surface area contributed by atoms with Gasteiger partial charge in [0.25, 0.3) is 0 Å². The highest BCUT2D eigenvalue weighted by atomic mass is 16.5. The molecule has 3 heteroatoms. The first-order valence-electron chi connectivity index (χ1n) is 5.36. The summed E-state index contributed by atoms with van der Waals surface area (Å²) in [6, 6.07) is 0. The van der Waals surface area contributed by atoms with E-state index in [-0.39, 0.29) is 29.7 Å². The second-order valence-corrected chi connectivity index (χ2v) is 4.20. The Bertz CT molecular complexity index is 293. The summed E-state index contributed by atoms with van der Waals surface area (Å²) in [7, 11) is 0. The summed E-state index contributed by atoms with van der Waals surface area (Å²) in [4.78, 5) is 23.1. The summed E-state index contributed by atoms with van der Waals surface area (Å²) in [6.45, 7) is 7.31. The van der Waals surface area contributed by atoms with E-state index in [1.54, 1.807) is 6.92 Å². The Kier molecular flexibility index (Phi) is 3.66. The number of cyclic esters (lactones) is 1. The van der Waals surface area contributed by atoms with Gasteiger partial charge in [-0.15, -0.1) is 0 Å². The van der Waals surface area contributed by atoms with Gasteiger partial charge in [0.2, 0.25) is 0 Å². The lowest BCUT2D eigenvalue weighted by Crippen LogP contribution is -2.46. The molecular weight excluding hydrogens is 192 g/mol. The molecule has 1 aliphatic rings. The quantitative estimate of drug-likeness (QED) is 0.397. The molecule has 0 spiro atoms. The minimum Gasteiger partial charge on any atom is -0.460 e. The van der Waals surface area contributed by atoms with E-state index in [0.717, 1.165) is 0 Å². The van der Waals surface area contributed by atoms with Gasteiger partial charge in [0.1, 0.15) is 12.0 Å². The Labute approximate surface area is 90.5 Å². The third-order valence-corrected chi connectivity index (χ3v) is 2.99. The van der Waals surface area contributed by atoms with E-state index in [0.29, 0.717) is 0 Å². The first-order valence-corrected chi connectivity index (χ1v) is 5.36.